The van der Waals surface area contributed by atoms with Crippen molar-refractivity contribution >= 4 is 23.3 Å². The molecule has 0 spiro atoms. The molecule has 1 atom stereocenters. The van der Waals surface area contributed by atoms with E-state index in [0.717, 1.165) is 16.2 Å². The van der Waals surface area contributed by atoms with Gasteiger partial charge < -0.3 is 9.73 Å². The standard InChI is InChI=1S/C16H19N3O3S/c1-15(2,3)11-7-17-12(22-11)8-19-13(20)16(4,18-14(19)21)10-5-6-23-9-10/h5-7,9H,8H2,1-4H3,(H,18,21). The molecule has 0 saturated carbocycles. The Morgan fingerprint density at radius 3 is 2.70 bits per heavy atom. The molecular weight excluding hydrogens is 314 g/mol. The van der Waals surface area contributed by atoms with Crippen LogP contribution in [0.25, 0.3) is 0 Å². The predicted molar refractivity (Wildman–Crippen MR) is 86.0 cm³/mol. The first-order valence-electron chi connectivity index (χ1n) is 7.34. The molecule has 3 rings (SSSR count). The molecule has 0 bridgehead atoms. The molecule has 0 aromatic carbocycles. The van der Waals surface area contributed by atoms with E-state index in [4.69, 9.17) is 4.42 Å². The Hall–Kier alpha value is -2.15. The van der Waals surface area contributed by atoms with Gasteiger partial charge in [0.05, 0.1) is 6.20 Å². The van der Waals surface area contributed by atoms with Gasteiger partial charge in [0.25, 0.3) is 5.91 Å². The SMILES string of the molecule is CC(C)(C)c1cnc(CN2C(=O)NC(C)(c3ccsc3)C2=O)o1. The van der Waals surface area contributed by atoms with Crippen LogP contribution in [-0.4, -0.2) is 21.8 Å². The molecule has 2 aromatic rings. The van der Waals surface area contributed by atoms with Crippen molar-refractivity contribution in [3.8, 4) is 0 Å². The van der Waals surface area contributed by atoms with E-state index in [1.54, 1.807) is 13.1 Å². The summed E-state index contributed by atoms with van der Waals surface area (Å²) < 4.78 is 5.68. The Bertz CT molecular complexity index is 745. The Morgan fingerprint density at radius 2 is 2.13 bits per heavy atom. The highest BCUT2D eigenvalue weighted by Crippen LogP contribution is 2.31. The maximum Gasteiger partial charge on any atom is 0.325 e. The van der Waals surface area contributed by atoms with Crippen LogP contribution < -0.4 is 5.32 Å². The summed E-state index contributed by atoms with van der Waals surface area (Å²) >= 11 is 1.49. The zero-order chi connectivity index (χ0) is 16.8. The van der Waals surface area contributed by atoms with Crippen molar-refractivity contribution in [2.75, 3.05) is 0 Å². The molecule has 1 aliphatic heterocycles. The van der Waals surface area contributed by atoms with Crippen molar-refractivity contribution in [3.63, 3.8) is 0 Å². The Balaban J connectivity index is 1.83. The van der Waals surface area contributed by atoms with Crippen molar-refractivity contribution < 1.29 is 14.0 Å². The van der Waals surface area contributed by atoms with Crippen molar-refractivity contribution in [1.29, 1.82) is 0 Å². The number of hydrogen-bond donors (Lipinski definition) is 1. The first-order valence-corrected chi connectivity index (χ1v) is 8.28. The number of nitrogens with zero attached hydrogens (tertiary/aromatic N) is 2. The Morgan fingerprint density at radius 1 is 1.39 bits per heavy atom. The molecule has 122 valence electrons. The number of carbonyl (C=O) groups is 2. The lowest BCUT2D eigenvalue weighted by molar-refractivity contribution is -0.131. The number of amides is 3. The van der Waals surface area contributed by atoms with E-state index in [2.05, 4.69) is 10.3 Å². The number of oxazole rings is 1. The second-order valence-electron chi connectivity index (χ2n) is 6.83. The lowest BCUT2D eigenvalue weighted by Gasteiger charge is -2.20. The zero-order valence-corrected chi connectivity index (χ0v) is 14.4. The number of nitrogens with one attached hydrogen (secondary N) is 1. The molecule has 0 radical (unpaired) electrons. The molecule has 1 N–H and O–H groups in total. The monoisotopic (exact) mass is 333 g/mol. The van der Waals surface area contributed by atoms with Crippen molar-refractivity contribution in [3.05, 3.63) is 40.2 Å². The van der Waals surface area contributed by atoms with Crippen LogP contribution in [0.15, 0.2) is 27.4 Å². The summed E-state index contributed by atoms with van der Waals surface area (Å²) in [5, 5.41) is 6.51. The molecule has 6 nitrogen and oxygen atoms in total. The summed E-state index contributed by atoms with van der Waals surface area (Å²) in [5.41, 5.74) is -0.421. The maximum atomic E-state index is 12.7. The first-order chi connectivity index (χ1) is 10.7. The minimum absolute atomic E-state index is 0.0282. The molecule has 1 unspecified atom stereocenters. The molecular formula is C16H19N3O3S. The Kier molecular flexibility index (Phi) is 3.55. The van der Waals surface area contributed by atoms with Gasteiger partial charge in [0.15, 0.2) is 0 Å². The van der Waals surface area contributed by atoms with Gasteiger partial charge in [0.2, 0.25) is 5.89 Å². The summed E-state index contributed by atoms with van der Waals surface area (Å²) in [7, 11) is 0. The number of hydrogen-bond acceptors (Lipinski definition) is 5. The normalized spacial score (nSPS) is 21.8. The second kappa shape index (κ2) is 5.19. The fourth-order valence-electron chi connectivity index (χ4n) is 2.45. The molecule has 1 aliphatic rings. The van der Waals surface area contributed by atoms with Crippen molar-refractivity contribution in [2.45, 2.75) is 45.2 Å². The number of urea groups is 1. The highest BCUT2D eigenvalue weighted by Gasteiger charge is 2.49. The number of thiophene rings is 1. The van der Waals surface area contributed by atoms with E-state index >= 15 is 0 Å². The number of aromatic nitrogens is 1. The van der Waals surface area contributed by atoms with Gasteiger partial charge in [0, 0.05) is 5.41 Å². The lowest BCUT2D eigenvalue weighted by atomic mass is 9.94. The average Bonchev–Trinajstić information content (AvgIpc) is 3.16. The largest absolute Gasteiger partial charge is 0.443 e. The van der Waals surface area contributed by atoms with Crippen LogP contribution in [0.5, 0.6) is 0 Å². The molecule has 2 aromatic heterocycles. The summed E-state index contributed by atoms with van der Waals surface area (Å²) in [6.45, 7) is 7.78. The van der Waals surface area contributed by atoms with E-state index in [-0.39, 0.29) is 17.9 Å². The van der Waals surface area contributed by atoms with Crippen molar-refractivity contribution in [1.82, 2.24) is 15.2 Å². The summed E-state index contributed by atoms with van der Waals surface area (Å²) in [4.78, 5) is 30.3. The van der Waals surface area contributed by atoms with Gasteiger partial charge in [-0.25, -0.2) is 9.78 Å². The minimum Gasteiger partial charge on any atom is -0.443 e. The van der Waals surface area contributed by atoms with Gasteiger partial charge >= 0.3 is 6.03 Å². The van der Waals surface area contributed by atoms with E-state index in [9.17, 15) is 9.59 Å². The molecule has 3 heterocycles. The third kappa shape index (κ3) is 2.65. The van der Waals surface area contributed by atoms with Gasteiger partial charge in [-0.3, -0.25) is 9.69 Å². The third-order valence-corrected chi connectivity index (χ3v) is 4.64. The molecule has 7 heteroatoms. The van der Waals surface area contributed by atoms with Gasteiger partial charge in [-0.1, -0.05) is 20.8 Å². The predicted octanol–water partition coefficient (Wildman–Crippen LogP) is 3.00. The van der Waals surface area contributed by atoms with Crippen LogP contribution in [0.1, 0.15) is 44.9 Å². The highest BCUT2D eigenvalue weighted by atomic mass is 32.1. The topological polar surface area (TPSA) is 75.4 Å². The number of rotatable bonds is 3. The minimum atomic E-state index is -1.03. The second-order valence-corrected chi connectivity index (χ2v) is 7.61. The first kappa shape index (κ1) is 15.7. The van der Waals surface area contributed by atoms with E-state index < -0.39 is 11.6 Å². The van der Waals surface area contributed by atoms with Gasteiger partial charge in [-0.2, -0.15) is 11.3 Å². The average molecular weight is 333 g/mol. The van der Waals surface area contributed by atoms with E-state index in [0.29, 0.717) is 5.89 Å². The summed E-state index contributed by atoms with van der Waals surface area (Å²) in [6, 6.07) is 1.41. The smallest absolute Gasteiger partial charge is 0.325 e. The van der Waals surface area contributed by atoms with Crippen LogP contribution in [0, 0.1) is 0 Å². The van der Waals surface area contributed by atoms with Crippen molar-refractivity contribution in [2.24, 2.45) is 0 Å². The van der Waals surface area contributed by atoms with Gasteiger partial charge in [0.1, 0.15) is 17.8 Å². The molecule has 3 amide bonds. The van der Waals surface area contributed by atoms with Crippen LogP contribution >= 0.6 is 11.3 Å². The van der Waals surface area contributed by atoms with Crippen LogP contribution in [-0.2, 0) is 22.3 Å². The van der Waals surface area contributed by atoms with E-state index in [1.807, 2.05) is 37.6 Å². The van der Waals surface area contributed by atoms with E-state index in [1.165, 1.54) is 11.3 Å². The van der Waals surface area contributed by atoms with Gasteiger partial charge in [-0.15, -0.1) is 0 Å². The lowest BCUT2D eigenvalue weighted by Crippen LogP contribution is -2.40. The molecule has 1 saturated heterocycles. The number of carbonyl (C=O) groups excluding carboxylic acids is 2. The molecule has 23 heavy (non-hydrogen) atoms. The molecule has 0 aliphatic carbocycles. The van der Waals surface area contributed by atoms with Crippen LogP contribution in [0.2, 0.25) is 0 Å². The van der Waals surface area contributed by atoms with Crippen LogP contribution in [0.3, 0.4) is 0 Å². The van der Waals surface area contributed by atoms with Gasteiger partial charge in [-0.05, 0) is 29.3 Å². The Labute approximate surface area is 138 Å². The highest BCUT2D eigenvalue weighted by molar-refractivity contribution is 7.08. The summed E-state index contributed by atoms with van der Waals surface area (Å²) in [6.07, 6.45) is 1.64. The maximum absolute atomic E-state index is 12.7. The fourth-order valence-corrected chi connectivity index (χ4v) is 3.22. The number of imide groups is 1. The molecule has 1 fully saturated rings. The quantitative estimate of drug-likeness (QED) is 0.876. The third-order valence-electron chi connectivity index (χ3n) is 3.96. The summed E-state index contributed by atoms with van der Waals surface area (Å²) in [5.74, 6) is 0.782. The fraction of sp³-hybridized carbons (Fsp3) is 0.438. The van der Waals surface area contributed by atoms with Crippen LogP contribution in [0.4, 0.5) is 4.79 Å². The zero-order valence-electron chi connectivity index (χ0n) is 13.5.